The van der Waals surface area contributed by atoms with E-state index in [0.717, 1.165) is 17.0 Å². The van der Waals surface area contributed by atoms with Crippen LogP contribution < -0.4 is 5.32 Å². The van der Waals surface area contributed by atoms with Crippen LogP contribution in [0.5, 0.6) is 0 Å². The molecular formula is C21H23ClN4O2S. The summed E-state index contributed by atoms with van der Waals surface area (Å²) in [5.74, 6) is 0.920. The number of methoxy groups -OCH3 is 1. The summed E-state index contributed by atoms with van der Waals surface area (Å²) >= 11 is 7.34. The molecule has 0 saturated carbocycles. The Hall–Kier alpha value is -2.35. The zero-order valence-corrected chi connectivity index (χ0v) is 17.9. The van der Waals surface area contributed by atoms with Gasteiger partial charge in [0.2, 0.25) is 5.91 Å². The second kappa shape index (κ2) is 10.4. The van der Waals surface area contributed by atoms with Crippen molar-refractivity contribution in [1.29, 1.82) is 0 Å². The standard InChI is InChI=1S/C21H23ClN4O2S/c1-15(16-6-4-3-5-7-16)23-19(27)14-29-21-25-24-20(26(21)12-13-28-2)17-8-10-18(22)11-9-17/h3-11,15H,12-14H2,1-2H3,(H,23,27)/t15-/m0/s1. The molecule has 8 heteroatoms. The van der Waals surface area contributed by atoms with Crippen molar-refractivity contribution in [2.45, 2.75) is 24.7 Å². The van der Waals surface area contributed by atoms with Crippen LogP contribution in [0.2, 0.25) is 5.02 Å². The molecule has 2 aromatic carbocycles. The lowest BCUT2D eigenvalue weighted by Gasteiger charge is -2.14. The molecule has 6 nitrogen and oxygen atoms in total. The molecule has 1 aromatic heterocycles. The Morgan fingerprint density at radius 1 is 1.17 bits per heavy atom. The molecule has 0 aliphatic carbocycles. The summed E-state index contributed by atoms with van der Waals surface area (Å²) in [5.41, 5.74) is 1.98. The first-order valence-electron chi connectivity index (χ1n) is 9.23. The number of rotatable bonds is 9. The molecule has 1 N–H and O–H groups in total. The molecule has 3 aromatic rings. The zero-order chi connectivity index (χ0) is 20.6. The lowest BCUT2D eigenvalue weighted by molar-refractivity contribution is -0.119. The maximum Gasteiger partial charge on any atom is 0.230 e. The molecule has 0 aliphatic heterocycles. The van der Waals surface area contributed by atoms with Gasteiger partial charge in [-0.15, -0.1) is 10.2 Å². The van der Waals surface area contributed by atoms with E-state index in [1.807, 2.05) is 66.1 Å². The average molecular weight is 431 g/mol. The Morgan fingerprint density at radius 3 is 2.59 bits per heavy atom. The lowest BCUT2D eigenvalue weighted by Crippen LogP contribution is -2.28. The van der Waals surface area contributed by atoms with E-state index in [2.05, 4.69) is 15.5 Å². The van der Waals surface area contributed by atoms with Gasteiger partial charge < -0.3 is 10.1 Å². The van der Waals surface area contributed by atoms with Crippen LogP contribution >= 0.6 is 23.4 Å². The Labute approximate surface area is 179 Å². The number of carbonyl (C=O) groups is 1. The second-order valence-electron chi connectivity index (χ2n) is 6.45. The monoisotopic (exact) mass is 430 g/mol. The van der Waals surface area contributed by atoms with Crippen molar-refractivity contribution >= 4 is 29.3 Å². The molecule has 0 radical (unpaired) electrons. The van der Waals surface area contributed by atoms with E-state index in [0.29, 0.717) is 23.3 Å². The minimum atomic E-state index is -0.0553. The molecule has 0 unspecified atom stereocenters. The topological polar surface area (TPSA) is 69.0 Å². The maximum absolute atomic E-state index is 12.4. The van der Waals surface area contributed by atoms with Crippen molar-refractivity contribution in [1.82, 2.24) is 20.1 Å². The van der Waals surface area contributed by atoms with Gasteiger partial charge in [-0.05, 0) is 36.8 Å². The molecule has 1 atom stereocenters. The summed E-state index contributed by atoms with van der Waals surface area (Å²) in [7, 11) is 1.65. The van der Waals surface area contributed by atoms with Gasteiger partial charge in [0.25, 0.3) is 0 Å². The molecule has 1 amide bonds. The quantitative estimate of drug-likeness (QED) is 0.515. The summed E-state index contributed by atoms with van der Waals surface area (Å²) in [6, 6.07) is 17.3. The first-order chi connectivity index (χ1) is 14.1. The lowest BCUT2D eigenvalue weighted by atomic mass is 10.1. The van der Waals surface area contributed by atoms with Crippen molar-refractivity contribution in [3.05, 3.63) is 65.2 Å². The van der Waals surface area contributed by atoms with E-state index in [4.69, 9.17) is 16.3 Å². The van der Waals surface area contributed by atoms with E-state index in [-0.39, 0.29) is 17.7 Å². The average Bonchev–Trinajstić information content (AvgIpc) is 3.14. The molecule has 3 rings (SSSR count). The van der Waals surface area contributed by atoms with E-state index < -0.39 is 0 Å². The highest BCUT2D eigenvalue weighted by molar-refractivity contribution is 7.99. The molecular weight excluding hydrogens is 408 g/mol. The molecule has 0 bridgehead atoms. The number of ether oxygens (including phenoxy) is 1. The van der Waals surface area contributed by atoms with Gasteiger partial charge in [-0.3, -0.25) is 9.36 Å². The summed E-state index contributed by atoms with van der Waals surface area (Å²) in [4.78, 5) is 12.4. The largest absolute Gasteiger partial charge is 0.383 e. The Bertz CT molecular complexity index is 932. The summed E-state index contributed by atoms with van der Waals surface area (Å²) in [6.07, 6.45) is 0. The number of amides is 1. The smallest absolute Gasteiger partial charge is 0.230 e. The van der Waals surface area contributed by atoms with Crippen LogP contribution in [0.4, 0.5) is 0 Å². The Balaban J connectivity index is 1.68. The fraction of sp³-hybridized carbons (Fsp3) is 0.286. The van der Waals surface area contributed by atoms with Crippen molar-refractivity contribution in [3.63, 3.8) is 0 Å². The Kier molecular flexibility index (Phi) is 7.69. The SMILES string of the molecule is COCCn1c(SCC(=O)N[C@@H](C)c2ccccc2)nnc1-c1ccc(Cl)cc1. The number of thioether (sulfide) groups is 1. The molecule has 29 heavy (non-hydrogen) atoms. The van der Waals surface area contributed by atoms with Crippen molar-refractivity contribution in [2.24, 2.45) is 0 Å². The third kappa shape index (κ3) is 5.82. The van der Waals surface area contributed by atoms with Crippen LogP contribution in [-0.2, 0) is 16.1 Å². The van der Waals surface area contributed by atoms with Crippen LogP contribution in [-0.4, -0.2) is 40.1 Å². The highest BCUT2D eigenvalue weighted by Gasteiger charge is 2.16. The van der Waals surface area contributed by atoms with Gasteiger partial charge >= 0.3 is 0 Å². The summed E-state index contributed by atoms with van der Waals surface area (Å²) < 4.78 is 7.18. The summed E-state index contributed by atoms with van der Waals surface area (Å²) in [6.45, 7) is 3.08. The third-order valence-corrected chi connectivity index (χ3v) is 5.57. The molecule has 0 aliphatic rings. The second-order valence-corrected chi connectivity index (χ2v) is 7.83. The Morgan fingerprint density at radius 2 is 1.90 bits per heavy atom. The molecule has 0 saturated heterocycles. The fourth-order valence-corrected chi connectivity index (χ4v) is 3.73. The van der Waals surface area contributed by atoms with Crippen LogP contribution in [0, 0.1) is 0 Å². The minimum Gasteiger partial charge on any atom is -0.383 e. The number of nitrogens with one attached hydrogen (secondary N) is 1. The summed E-state index contributed by atoms with van der Waals surface area (Å²) in [5, 5.41) is 13.0. The van der Waals surface area contributed by atoms with Gasteiger partial charge in [0.15, 0.2) is 11.0 Å². The van der Waals surface area contributed by atoms with E-state index in [1.165, 1.54) is 11.8 Å². The van der Waals surface area contributed by atoms with Gasteiger partial charge in [-0.25, -0.2) is 0 Å². The van der Waals surface area contributed by atoms with Crippen LogP contribution in [0.3, 0.4) is 0 Å². The molecule has 0 fully saturated rings. The van der Waals surface area contributed by atoms with Crippen LogP contribution in [0.15, 0.2) is 59.8 Å². The highest BCUT2D eigenvalue weighted by Crippen LogP contribution is 2.25. The molecule has 0 spiro atoms. The highest BCUT2D eigenvalue weighted by atomic mass is 35.5. The third-order valence-electron chi connectivity index (χ3n) is 4.35. The number of nitrogens with zero attached hydrogens (tertiary/aromatic N) is 3. The maximum atomic E-state index is 12.4. The predicted molar refractivity (Wildman–Crippen MR) is 116 cm³/mol. The predicted octanol–water partition coefficient (Wildman–Crippen LogP) is 4.21. The van der Waals surface area contributed by atoms with Gasteiger partial charge in [0.05, 0.1) is 24.9 Å². The van der Waals surface area contributed by atoms with Gasteiger partial charge in [-0.1, -0.05) is 53.7 Å². The minimum absolute atomic E-state index is 0.0549. The number of benzene rings is 2. The first kappa shape index (κ1) is 21.4. The van der Waals surface area contributed by atoms with Crippen LogP contribution in [0.1, 0.15) is 18.5 Å². The van der Waals surface area contributed by atoms with Crippen molar-refractivity contribution in [2.75, 3.05) is 19.5 Å². The number of halogens is 1. The fourth-order valence-electron chi connectivity index (χ4n) is 2.83. The number of hydrogen-bond donors (Lipinski definition) is 1. The van der Waals surface area contributed by atoms with Gasteiger partial charge in [-0.2, -0.15) is 0 Å². The number of carbonyl (C=O) groups excluding carboxylic acids is 1. The number of aromatic nitrogens is 3. The molecule has 152 valence electrons. The van der Waals surface area contributed by atoms with Crippen molar-refractivity contribution in [3.8, 4) is 11.4 Å². The normalized spacial score (nSPS) is 12.0. The number of hydrogen-bond acceptors (Lipinski definition) is 5. The van der Waals surface area contributed by atoms with Crippen LogP contribution in [0.25, 0.3) is 11.4 Å². The van der Waals surface area contributed by atoms with E-state index in [9.17, 15) is 4.79 Å². The van der Waals surface area contributed by atoms with E-state index in [1.54, 1.807) is 7.11 Å². The first-order valence-corrected chi connectivity index (χ1v) is 10.6. The van der Waals surface area contributed by atoms with Gasteiger partial charge in [0.1, 0.15) is 0 Å². The zero-order valence-electron chi connectivity index (χ0n) is 16.3. The molecule has 1 heterocycles. The van der Waals surface area contributed by atoms with Crippen molar-refractivity contribution < 1.29 is 9.53 Å². The van der Waals surface area contributed by atoms with E-state index >= 15 is 0 Å². The van der Waals surface area contributed by atoms with Gasteiger partial charge in [0, 0.05) is 17.7 Å².